The van der Waals surface area contributed by atoms with Crippen molar-refractivity contribution in [2.45, 2.75) is 25.2 Å². The number of esters is 1. The topological polar surface area (TPSA) is 84.9 Å². The number of nitrogens with zero attached hydrogens (tertiary/aromatic N) is 1. The van der Waals surface area contributed by atoms with Crippen LogP contribution in [0.2, 0.25) is 0 Å². The minimum atomic E-state index is -0.606. The summed E-state index contributed by atoms with van der Waals surface area (Å²) in [6, 6.07) is 5.28. The number of rotatable bonds is 7. The molecule has 1 aliphatic rings. The first-order valence-corrected chi connectivity index (χ1v) is 7.72. The van der Waals surface area contributed by atoms with Gasteiger partial charge < -0.3 is 14.4 Å². The molecule has 1 aromatic rings. The number of hydrogen-bond acceptors (Lipinski definition) is 6. The molecule has 0 saturated carbocycles. The van der Waals surface area contributed by atoms with Gasteiger partial charge in [-0.2, -0.15) is 0 Å². The third-order valence-corrected chi connectivity index (χ3v) is 3.66. The zero-order valence-corrected chi connectivity index (χ0v) is 13.7. The minimum Gasteiger partial charge on any atom is -0.459 e. The van der Waals surface area contributed by atoms with Gasteiger partial charge in [-0.25, -0.2) is 9.18 Å². The summed E-state index contributed by atoms with van der Waals surface area (Å²) in [6.07, 6.45) is 3.86. The summed E-state index contributed by atoms with van der Waals surface area (Å²) in [5, 5.41) is 1.99. The Morgan fingerprint density at radius 2 is 2.24 bits per heavy atom. The van der Waals surface area contributed by atoms with Crippen LogP contribution in [0.1, 0.15) is 23.2 Å². The molecule has 0 aromatic heterocycles. The molecule has 1 saturated heterocycles. The number of nitrogens with one attached hydrogen (secondary N) is 1. The second kappa shape index (κ2) is 8.93. The fourth-order valence-corrected chi connectivity index (χ4v) is 2.36. The lowest BCUT2D eigenvalue weighted by atomic mass is 10.2. The second-order valence-electron chi connectivity index (χ2n) is 5.51. The van der Waals surface area contributed by atoms with Crippen molar-refractivity contribution >= 4 is 18.3 Å². The molecular formula is C17H19FN2O5. The lowest BCUT2D eigenvalue weighted by molar-refractivity contribution is -0.121. The molecule has 0 spiro atoms. The van der Waals surface area contributed by atoms with E-state index in [0.717, 1.165) is 6.07 Å². The third-order valence-electron chi connectivity index (χ3n) is 3.66. The molecule has 8 heteroatoms. The van der Waals surface area contributed by atoms with Crippen molar-refractivity contribution in [1.82, 2.24) is 10.2 Å². The van der Waals surface area contributed by atoms with Gasteiger partial charge in [0, 0.05) is 19.3 Å². The zero-order valence-electron chi connectivity index (χ0n) is 13.7. The molecule has 0 bridgehead atoms. The average molecular weight is 350 g/mol. The van der Waals surface area contributed by atoms with Gasteiger partial charge in [0.2, 0.25) is 6.41 Å². The molecule has 25 heavy (non-hydrogen) atoms. The number of imide groups is 1. The van der Waals surface area contributed by atoms with Crippen LogP contribution in [0.4, 0.5) is 4.39 Å². The maximum absolute atomic E-state index is 13.1. The molecule has 1 N–H and O–H groups in total. The Labute approximate surface area is 144 Å². The van der Waals surface area contributed by atoms with Gasteiger partial charge in [-0.05, 0) is 31.0 Å². The summed E-state index contributed by atoms with van der Waals surface area (Å²) in [7, 11) is 1.73. The highest BCUT2D eigenvalue weighted by Crippen LogP contribution is 2.22. The highest BCUT2D eigenvalue weighted by molar-refractivity contribution is 5.94. The fourth-order valence-electron chi connectivity index (χ4n) is 2.36. The first-order chi connectivity index (χ1) is 12.0. The first kappa shape index (κ1) is 18.6. The smallest absolute Gasteiger partial charge is 0.338 e. The molecule has 0 aliphatic carbocycles. The molecule has 2 rings (SSSR count). The van der Waals surface area contributed by atoms with Crippen molar-refractivity contribution in [3.63, 3.8) is 0 Å². The summed E-state index contributed by atoms with van der Waals surface area (Å²) >= 11 is 0. The molecule has 2 amide bonds. The summed E-state index contributed by atoms with van der Waals surface area (Å²) in [6.45, 7) is 0.0645. The molecule has 134 valence electrons. The quantitative estimate of drug-likeness (QED) is 0.452. The van der Waals surface area contributed by atoms with E-state index < -0.39 is 17.7 Å². The third kappa shape index (κ3) is 5.68. The van der Waals surface area contributed by atoms with E-state index in [2.05, 4.69) is 0 Å². The highest BCUT2D eigenvalue weighted by Gasteiger charge is 2.28. The normalized spacial score (nSPS) is 19.6. The maximum atomic E-state index is 13.1. The van der Waals surface area contributed by atoms with Crippen molar-refractivity contribution in [3.8, 4) is 0 Å². The van der Waals surface area contributed by atoms with Gasteiger partial charge in [-0.15, -0.1) is 0 Å². The highest BCUT2D eigenvalue weighted by atomic mass is 19.1. The number of ether oxygens (including phenoxy) is 2. The molecule has 1 aromatic carbocycles. The minimum absolute atomic E-state index is 0.0645. The van der Waals surface area contributed by atoms with Gasteiger partial charge in [-0.1, -0.05) is 6.07 Å². The van der Waals surface area contributed by atoms with E-state index in [9.17, 15) is 18.8 Å². The van der Waals surface area contributed by atoms with Gasteiger partial charge in [0.25, 0.3) is 5.91 Å². The SMILES string of the molecule is CN(/C=C\C(=O)NC=O)C1CCC(COC(=O)c2cccc(F)c2)O1. The Morgan fingerprint density at radius 1 is 1.44 bits per heavy atom. The van der Waals surface area contributed by atoms with Gasteiger partial charge in [-0.3, -0.25) is 14.9 Å². The Hall–Kier alpha value is -2.74. The Bertz CT molecular complexity index is 664. The van der Waals surface area contributed by atoms with E-state index >= 15 is 0 Å². The van der Waals surface area contributed by atoms with E-state index in [1.807, 2.05) is 5.32 Å². The van der Waals surface area contributed by atoms with Gasteiger partial charge in [0.1, 0.15) is 18.7 Å². The first-order valence-electron chi connectivity index (χ1n) is 7.72. The Balaban J connectivity index is 1.77. The van der Waals surface area contributed by atoms with E-state index in [-0.39, 0.29) is 24.5 Å². The van der Waals surface area contributed by atoms with Crippen LogP contribution in [-0.2, 0) is 19.1 Å². The van der Waals surface area contributed by atoms with Crippen molar-refractivity contribution in [3.05, 3.63) is 47.9 Å². The Morgan fingerprint density at radius 3 is 2.96 bits per heavy atom. The summed E-state index contributed by atoms with van der Waals surface area (Å²) < 4.78 is 24.0. The molecule has 1 fully saturated rings. The van der Waals surface area contributed by atoms with Crippen LogP contribution in [0.3, 0.4) is 0 Å². The summed E-state index contributed by atoms with van der Waals surface area (Å²) in [5.41, 5.74) is 0.149. The average Bonchev–Trinajstić information content (AvgIpc) is 3.07. The summed E-state index contributed by atoms with van der Waals surface area (Å²) in [4.78, 5) is 34.9. The second-order valence-corrected chi connectivity index (χ2v) is 5.51. The van der Waals surface area contributed by atoms with Crippen LogP contribution in [0.5, 0.6) is 0 Å². The molecule has 7 nitrogen and oxygen atoms in total. The van der Waals surface area contributed by atoms with Crippen LogP contribution < -0.4 is 5.32 Å². The van der Waals surface area contributed by atoms with Gasteiger partial charge >= 0.3 is 5.97 Å². The summed E-state index contributed by atoms with van der Waals surface area (Å²) in [5.74, 6) is -1.63. The van der Waals surface area contributed by atoms with Crippen molar-refractivity contribution < 1.29 is 28.2 Å². The molecular weight excluding hydrogens is 331 g/mol. The molecule has 2 unspecified atom stereocenters. The molecule has 0 radical (unpaired) electrons. The predicted molar refractivity (Wildman–Crippen MR) is 85.7 cm³/mol. The number of carbonyl (C=O) groups is 3. The standard InChI is InChI=1S/C17H19FN2O5/c1-20(8-7-15(22)19-11-21)16-6-5-14(25-16)10-24-17(23)12-3-2-4-13(18)9-12/h2-4,7-9,11,14,16H,5-6,10H2,1H3,(H,19,21,22)/b8-7-. The largest absolute Gasteiger partial charge is 0.459 e. The zero-order chi connectivity index (χ0) is 18.2. The molecule has 1 heterocycles. The molecule has 1 aliphatic heterocycles. The van der Waals surface area contributed by atoms with Crippen molar-refractivity contribution in [2.75, 3.05) is 13.7 Å². The Kier molecular flexibility index (Phi) is 6.64. The number of hydrogen-bond donors (Lipinski definition) is 1. The van der Waals surface area contributed by atoms with E-state index in [1.54, 1.807) is 11.9 Å². The predicted octanol–water partition coefficient (Wildman–Crippen LogP) is 1.21. The lowest BCUT2D eigenvalue weighted by Crippen LogP contribution is -2.29. The maximum Gasteiger partial charge on any atom is 0.338 e. The fraction of sp³-hybridized carbons (Fsp3) is 0.353. The van der Waals surface area contributed by atoms with E-state index in [0.29, 0.717) is 19.3 Å². The van der Waals surface area contributed by atoms with Gasteiger partial charge in [0.15, 0.2) is 0 Å². The van der Waals surface area contributed by atoms with Crippen LogP contribution in [0, 0.1) is 5.82 Å². The monoisotopic (exact) mass is 350 g/mol. The van der Waals surface area contributed by atoms with Crippen molar-refractivity contribution in [2.24, 2.45) is 0 Å². The number of carbonyl (C=O) groups excluding carboxylic acids is 3. The van der Waals surface area contributed by atoms with Crippen molar-refractivity contribution in [1.29, 1.82) is 0 Å². The van der Waals surface area contributed by atoms with Crippen LogP contribution >= 0.6 is 0 Å². The van der Waals surface area contributed by atoms with E-state index in [1.165, 1.54) is 30.5 Å². The lowest BCUT2D eigenvalue weighted by Gasteiger charge is -2.22. The molecule has 2 atom stereocenters. The number of amides is 2. The van der Waals surface area contributed by atoms with E-state index in [4.69, 9.17) is 9.47 Å². The van der Waals surface area contributed by atoms with Crippen LogP contribution in [0.25, 0.3) is 0 Å². The van der Waals surface area contributed by atoms with Crippen LogP contribution in [-0.4, -0.2) is 49.2 Å². The van der Waals surface area contributed by atoms with Crippen LogP contribution in [0.15, 0.2) is 36.5 Å². The number of halogens is 1. The number of benzene rings is 1. The van der Waals surface area contributed by atoms with Gasteiger partial charge in [0.05, 0.1) is 11.7 Å².